The van der Waals surface area contributed by atoms with Gasteiger partial charge in [-0.2, -0.15) is 0 Å². The summed E-state index contributed by atoms with van der Waals surface area (Å²) < 4.78 is 10.7. The van der Waals surface area contributed by atoms with Crippen LogP contribution < -0.4 is 0 Å². The molecule has 0 saturated carbocycles. The lowest BCUT2D eigenvalue weighted by Crippen LogP contribution is -2.39. The molecule has 0 atom stereocenters. The molecule has 1 heterocycles. The van der Waals surface area contributed by atoms with Gasteiger partial charge >= 0.3 is 5.97 Å². The molecule has 0 radical (unpaired) electrons. The summed E-state index contributed by atoms with van der Waals surface area (Å²) in [7, 11) is 0. The maximum Gasteiger partial charge on any atom is 0.311 e. The number of hydrogen-bond acceptors (Lipinski definition) is 4. The maximum absolute atomic E-state index is 11.6. The molecule has 1 fully saturated rings. The fourth-order valence-electron chi connectivity index (χ4n) is 2.73. The van der Waals surface area contributed by atoms with Gasteiger partial charge in [-0.15, -0.1) is 0 Å². The predicted octanol–water partition coefficient (Wildman–Crippen LogP) is 3.35. The second kappa shape index (κ2) is 8.30. The Balaban J connectivity index is 2.04. The minimum absolute atomic E-state index is 0.166. The molecular formula is C18H35NO3. The Bertz CT molecular complexity index is 333. The van der Waals surface area contributed by atoms with Crippen molar-refractivity contribution < 1.29 is 14.3 Å². The molecule has 0 N–H and O–H groups in total. The van der Waals surface area contributed by atoms with E-state index in [0.29, 0.717) is 25.2 Å². The van der Waals surface area contributed by atoms with Gasteiger partial charge in [0.05, 0.1) is 18.6 Å². The first kappa shape index (κ1) is 19.4. The second-order valence-corrected chi connectivity index (χ2v) is 8.48. The average molecular weight is 313 g/mol. The molecule has 0 unspecified atom stereocenters. The summed E-state index contributed by atoms with van der Waals surface area (Å²) in [5.41, 5.74) is -0.00306. The Hall–Kier alpha value is -0.610. The van der Waals surface area contributed by atoms with Gasteiger partial charge in [0, 0.05) is 6.54 Å². The van der Waals surface area contributed by atoms with E-state index in [1.54, 1.807) is 0 Å². The first-order valence-electron chi connectivity index (χ1n) is 8.58. The number of likely N-dealkylation sites (tertiary alicyclic amines) is 1. The zero-order chi connectivity index (χ0) is 16.8. The normalized spacial score (nSPS) is 18.5. The highest BCUT2D eigenvalue weighted by molar-refractivity contribution is 5.75. The van der Waals surface area contributed by atoms with Crippen LogP contribution >= 0.6 is 0 Å². The topological polar surface area (TPSA) is 38.8 Å². The van der Waals surface area contributed by atoms with E-state index in [1.165, 1.54) is 25.9 Å². The van der Waals surface area contributed by atoms with Crippen molar-refractivity contribution in [2.24, 2.45) is 16.7 Å². The highest BCUT2D eigenvalue weighted by Gasteiger charge is 2.28. The molecule has 1 saturated heterocycles. The first-order valence-corrected chi connectivity index (χ1v) is 8.58. The predicted molar refractivity (Wildman–Crippen MR) is 89.9 cm³/mol. The number of piperidine rings is 1. The van der Waals surface area contributed by atoms with Crippen LogP contribution in [0.25, 0.3) is 0 Å². The summed E-state index contributed by atoms with van der Waals surface area (Å²) in [5.74, 6) is 0.668. The van der Waals surface area contributed by atoms with Gasteiger partial charge < -0.3 is 14.4 Å². The van der Waals surface area contributed by atoms with E-state index >= 15 is 0 Å². The Labute approximate surface area is 136 Å². The Morgan fingerprint density at radius 1 is 1.00 bits per heavy atom. The number of rotatable bonds is 6. The van der Waals surface area contributed by atoms with E-state index in [0.717, 1.165) is 12.5 Å². The number of nitrogens with zero attached hydrogens (tertiary/aromatic N) is 1. The largest absolute Gasteiger partial charge is 0.463 e. The summed E-state index contributed by atoms with van der Waals surface area (Å²) in [6.07, 6.45) is 2.57. The van der Waals surface area contributed by atoms with Gasteiger partial charge in [0.15, 0.2) is 0 Å². The highest BCUT2D eigenvalue weighted by Crippen LogP contribution is 2.34. The van der Waals surface area contributed by atoms with Gasteiger partial charge in [0.1, 0.15) is 6.61 Å². The van der Waals surface area contributed by atoms with Crippen molar-refractivity contribution in [3.05, 3.63) is 0 Å². The quantitative estimate of drug-likeness (QED) is 0.557. The average Bonchev–Trinajstić information content (AvgIpc) is 2.40. The van der Waals surface area contributed by atoms with Gasteiger partial charge in [-0.05, 0) is 58.0 Å². The van der Waals surface area contributed by atoms with Crippen LogP contribution in [-0.4, -0.2) is 50.3 Å². The molecule has 22 heavy (non-hydrogen) atoms. The Kier molecular flexibility index (Phi) is 7.33. The molecule has 0 spiro atoms. The van der Waals surface area contributed by atoms with Gasteiger partial charge in [-0.25, -0.2) is 0 Å². The lowest BCUT2D eigenvalue weighted by atomic mass is 9.75. The molecule has 4 heteroatoms. The molecule has 130 valence electrons. The zero-order valence-corrected chi connectivity index (χ0v) is 15.4. The minimum atomic E-state index is -0.433. The van der Waals surface area contributed by atoms with Crippen molar-refractivity contribution in [3.63, 3.8) is 0 Å². The second-order valence-electron chi connectivity index (χ2n) is 8.48. The first-order chi connectivity index (χ1) is 10.1. The number of carbonyl (C=O) groups excluding carboxylic acids is 1. The maximum atomic E-state index is 11.6. The highest BCUT2D eigenvalue weighted by atomic mass is 16.6. The lowest BCUT2D eigenvalue weighted by Gasteiger charge is -2.38. The van der Waals surface area contributed by atoms with Crippen molar-refractivity contribution in [2.75, 3.05) is 39.5 Å². The molecule has 0 aromatic heterocycles. The number of esters is 1. The van der Waals surface area contributed by atoms with Gasteiger partial charge in [-0.3, -0.25) is 4.79 Å². The van der Waals surface area contributed by atoms with E-state index in [-0.39, 0.29) is 5.97 Å². The van der Waals surface area contributed by atoms with Crippen LogP contribution in [0.3, 0.4) is 0 Å². The van der Waals surface area contributed by atoms with Crippen LogP contribution in [-0.2, 0) is 14.3 Å². The van der Waals surface area contributed by atoms with Crippen LogP contribution in [0.5, 0.6) is 0 Å². The number of ether oxygens (including phenoxy) is 2. The van der Waals surface area contributed by atoms with E-state index in [2.05, 4.69) is 25.7 Å². The molecule has 4 nitrogen and oxygen atoms in total. The molecule has 0 aromatic rings. The van der Waals surface area contributed by atoms with E-state index < -0.39 is 5.41 Å². The molecule has 1 aliphatic heterocycles. The fourth-order valence-corrected chi connectivity index (χ4v) is 2.73. The van der Waals surface area contributed by atoms with Crippen molar-refractivity contribution in [2.45, 2.75) is 54.4 Å². The number of hydrogen-bond donors (Lipinski definition) is 0. The van der Waals surface area contributed by atoms with Crippen LogP contribution in [0.2, 0.25) is 0 Å². The summed E-state index contributed by atoms with van der Waals surface area (Å²) >= 11 is 0. The summed E-state index contributed by atoms with van der Waals surface area (Å²) in [5, 5.41) is 0. The Morgan fingerprint density at radius 2 is 1.59 bits per heavy atom. The molecule has 0 amide bonds. The fraction of sp³-hybridized carbons (Fsp3) is 0.944. The third-order valence-corrected chi connectivity index (χ3v) is 4.44. The Morgan fingerprint density at radius 3 is 2.09 bits per heavy atom. The van der Waals surface area contributed by atoms with Gasteiger partial charge in [0.25, 0.3) is 0 Å². The van der Waals surface area contributed by atoms with Crippen molar-refractivity contribution in [3.8, 4) is 0 Å². The zero-order valence-electron chi connectivity index (χ0n) is 15.4. The molecule has 0 aromatic carbocycles. The molecular weight excluding hydrogens is 278 g/mol. The molecule has 1 rings (SSSR count). The lowest BCUT2D eigenvalue weighted by molar-refractivity contribution is -0.154. The van der Waals surface area contributed by atoms with Crippen LogP contribution in [0.4, 0.5) is 0 Å². The van der Waals surface area contributed by atoms with Crippen LogP contribution in [0.1, 0.15) is 54.4 Å². The van der Waals surface area contributed by atoms with E-state index in [9.17, 15) is 4.79 Å². The van der Waals surface area contributed by atoms with E-state index in [1.807, 2.05) is 20.8 Å². The van der Waals surface area contributed by atoms with Gasteiger partial charge in [-0.1, -0.05) is 20.8 Å². The molecule has 0 bridgehead atoms. The third kappa shape index (κ3) is 7.10. The number of carbonyl (C=O) groups is 1. The van der Waals surface area contributed by atoms with Crippen molar-refractivity contribution in [1.29, 1.82) is 0 Å². The molecule has 1 aliphatic rings. The molecule has 0 aliphatic carbocycles. The third-order valence-electron chi connectivity index (χ3n) is 4.44. The van der Waals surface area contributed by atoms with Gasteiger partial charge in [0.2, 0.25) is 0 Å². The van der Waals surface area contributed by atoms with Crippen LogP contribution in [0, 0.1) is 16.7 Å². The SMILES string of the molecule is CC(C)(C)C(=O)OCCOCCN1CCC(C(C)(C)C)CC1. The standard InChI is InChI=1S/C18H35NO3/c1-17(2,3)15-7-9-19(10-8-15)11-12-21-13-14-22-16(20)18(4,5)6/h15H,7-14H2,1-6H3. The van der Waals surface area contributed by atoms with Crippen molar-refractivity contribution in [1.82, 2.24) is 4.90 Å². The smallest absolute Gasteiger partial charge is 0.311 e. The van der Waals surface area contributed by atoms with Crippen molar-refractivity contribution >= 4 is 5.97 Å². The van der Waals surface area contributed by atoms with E-state index in [4.69, 9.17) is 9.47 Å². The summed E-state index contributed by atoms with van der Waals surface area (Å²) in [4.78, 5) is 14.0. The summed E-state index contributed by atoms with van der Waals surface area (Å²) in [6.45, 7) is 17.5. The minimum Gasteiger partial charge on any atom is -0.463 e. The monoisotopic (exact) mass is 313 g/mol. The summed E-state index contributed by atoms with van der Waals surface area (Å²) in [6, 6.07) is 0. The van der Waals surface area contributed by atoms with Crippen LogP contribution in [0.15, 0.2) is 0 Å².